The van der Waals surface area contributed by atoms with Gasteiger partial charge in [0.1, 0.15) is 6.26 Å². The summed E-state index contributed by atoms with van der Waals surface area (Å²) in [5.41, 5.74) is 0.590. The highest BCUT2D eigenvalue weighted by Crippen LogP contribution is 2.22. The van der Waals surface area contributed by atoms with E-state index in [1.165, 1.54) is 6.26 Å². The molecule has 2 aromatic rings. The van der Waals surface area contributed by atoms with Crippen molar-refractivity contribution in [1.29, 1.82) is 0 Å². The molecule has 0 aromatic carbocycles. The molecule has 0 N–H and O–H groups in total. The summed E-state index contributed by atoms with van der Waals surface area (Å²) in [7, 11) is 0. The van der Waals surface area contributed by atoms with Gasteiger partial charge in [-0.3, -0.25) is 0 Å². The van der Waals surface area contributed by atoms with Gasteiger partial charge in [0.15, 0.2) is 0 Å². The monoisotopic (exact) mass is 153 g/mol. The molecule has 50 valence electrons. The molecule has 0 atom stereocenters. The number of hydrogen-bond donors (Lipinski definition) is 0. The summed E-state index contributed by atoms with van der Waals surface area (Å²) in [4.78, 5) is 3.95. The summed E-state index contributed by atoms with van der Waals surface area (Å²) < 4.78 is 5.01. The van der Waals surface area contributed by atoms with Crippen molar-refractivity contribution in [3.8, 4) is 0 Å². The SMILES string of the molecule is Clc1coc2ncccc12. The third-order valence-corrected chi connectivity index (χ3v) is 1.60. The molecule has 10 heavy (non-hydrogen) atoms. The van der Waals surface area contributed by atoms with Gasteiger partial charge in [-0.1, -0.05) is 11.6 Å². The first kappa shape index (κ1) is 5.74. The number of hydrogen-bond acceptors (Lipinski definition) is 2. The van der Waals surface area contributed by atoms with Crippen LogP contribution in [-0.2, 0) is 0 Å². The van der Waals surface area contributed by atoms with E-state index in [2.05, 4.69) is 4.98 Å². The molecule has 0 aliphatic rings. The van der Waals surface area contributed by atoms with Crippen molar-refractivity contribution in [3.05, 3.63) is 29.6 Å². The molecule has 2 rings (SSSR count). The third-order valence-electron chi connectivity index (χ3n) is 1.30. The molecule has 0 aliphatic heterocycles. The lowest BCUT2D eigenvalue weighted by molar-refractivity contribution is 0.603. The number of pyridine rings is 1. The first-order chi connectivity index (χ1) is 4.88. The topological polar surface area (TPSA) is 26.0 Å². The standard InChI is InChI=1S/C7H4ClNO/c8-6-4-10-7-5(6)2-1-3-9-7/h1-4H. The predicted octanol–water partition coefficient (Wildman–Crippen LogP) is 2.48. The number of rotatable bonds is 0. The Bertz CT molecular complexity index is 355. The normalized spacial score (nSPS) is 10.5. The first-order valence-electron chi connectivity index (χ1n) is 2.85. The molecule has 0 fully saturated rings. The van der Waals surface area contributed by atoms with E-state index in [-0.39, 0.29) is 0 Å². The van der Waals surface area contributed by atoms with Crippen LogP contribution in [0.15, 0.2) is 29.0 Å². The van der Waals surface area contributed by atoms with Gasteiger partial charge in [0.2, 0.25) is 5.71 Å². The van der Waals surface area contributed by atoms with Gasteiger partial charge < -0.3 is 4.42 Å². The Morgan fingerprint density at radius 2 is 2.40 bits per heavy atom. The maximum atomic E-state index is 5.74. The van der Waals surface area contributed by atoms with Crippen LogP contribution in [0.2, 0.25) is 5.02 Å². The fourth-order valence-corrected chi connectivity index (χ4v) is 1.03. The quantitative estimate of drug-likeness (QED) is 0.581. The average Bonchev–Trinajstić information content (AvgIpc) is 2.34. The molecular weight excluding hydrogens is 150 g/mol. The maximum Gasteiger partial charge on any atom is 0.227 e. The van der Waals surface area contributed by atoms with E-state index in [1.54, 1.807) is 6.20 Å². The molecule has 2 aromatic heterocycles. The Balaban J connectivity index is 2.93. The van der Waals surface area contributed by atoms with Gasteiger partial charge in [0.05, 0.1) is 10.4 Å². The smallest absolute Gasteiger partial charge is 0.227 e. The highest BCUT2D eigenvalue weighted by Gasteiger charge is 2.00. The van der Waals surface area contributed by atoms with Crippen molar-refractivity contribution in [1.82, 2.24) is 4.98 Å². The largest absolute Gasteiger partial charge is 0.445 e. The number of halogens is 1. The molecule has 2 heterocycles. The molecule has 0 saturated heterocycles. The van der Waals surface area contributed by atoms with E-state index < -0.39 is 0 Å². The molecule has 0 bridgehead atoms. The number of nitrogens with zero attached hydrogens (tertiary/aromatic N) is 1. The fraction of sp³-hybridized carbons (Fsp3) is 0. The van der Waals surface area contributed by atoms with Crippen LogP contribution >= 0.6 is 11.6 Å². The van der Waals surface area contributed by atoms with E-state index in [0.29, 0.717) is 10.7 Å². The second kappa shape index (κ2) is 1.99. The van der Waals surface area contributed by atoms with Crippen LogP contribution in [0, 0.1) is 0 Å². The van der Waals surface area contributed by atoms with Crippen molar-refractivity contribution in [3.63, 3.8) is 0 Å². The fourth-order valence-electron chi connectivity index (χ4n) is 0.838. The summed E-state index contributed by atoms with van der Waals surface area (Å²) in [5, 5.41) is 1.48. The van der Waals surface area contributed by atoms with Crippen LogP contribution in [-0.4, -0.2) is 4.98 Å². The molecule has 2 nitrogen and oxygen atoms in total. The van der Waals surface area contributed by atoms with Gasteiger partial charge in [-0.25, -0.2) is 4.98 Å². The van der Waals surface area contributed by atoms with Crippen molar-refractivity contribution in [2.45, 2.75) is 0 Å². The Kier molecular flexibility index (Phi) is 1.14. The highest BCUT2D eigenvalue weighted by atomic mass is 35.5. The van der Waals surface area contributed by atoms with Crippen LogP contribution in [0.25, 0.3) is 11.1 Å². The second-order valence-electron chi connectivity index (χ2n) is 1.94. The highest BCUT2D eigenvalue weighted by molar-refractivity contribution is 6.35. The van der Waals surface area contributed by atoms with Crippen molar-refractivity contribution >= 4 is 22.7 Å². The van der Waals surface area contributed by atoms with E-state index in [9.17, 15) is 0 Å². The van der Waals surface area contributed by atoms with Gasteiger partial charge in [0, 0.05) is 6.20 Å². The van der Waals surface area contributed by atoms with E-state index >= 15 is 0 Å². The van der Waals surface area contributed by atoms with E-state index in [4.69, 9.17) is 16.0 Å². The molecule has 0 amide bonds. The van der Waals surface area contributed by atoms with Gasteiger partial charge >= 0.3 is 0 Å². The van der Waals surface area contributed by atoms with Gasteiger partial charge in [-0.2, -0.15) is 0 Å². The molecule has 0 spiro atoms. The van der Waals surface area contributed by atoms with E-state index in [0.717, 1.165) is 5.39 Å². The minimum absolute atomic E-state index is 0.590. The van der Waals surface area contributed by atoms with Crippen LogP contribution < -0.4 is 0 Å². The lowest BCUT2D eigenvalue weighted by Gasteiger charge is -1.82. The Labute approximate surface area is 62.4 Å². The molecule has 3 heteroatoms. The molecule has 0 unspecified atom stereocenters. The number of aromatic nitrogens is 1. The second-order valence-corrected chi connectivity index (χ2v) is 2.35. The molecular formula is C7H4ClNO. The summed E-state index contributed by atoms with van der Waals surface area (Å²) >= 11 is 5.74. The lowest BCUT2D eigenvalue weighted by Crippen LogP contribution is -1.67. The summed E-state index contributed by atoms with van der Waals surface area (Å²) in [6.07, 6.45) is 3.15. The van der Waals surface area contributed by atoms with Crippen molar-refractivity contribution in [2.75, 3.05) is 0 Å². The summed E-state index contributed by atoms with van der Waals surface area (Å²) in [5.74, 6) is 0. The first-order valence-corrected chi connectivity index (χ1v) is 3.23. The van der Waals surface area contributed by atoms with Crippen LogP contribution in [0.1, 0.15) is 0 Å². The Morgan fingerprint density at radius 3 is 3.20 bits per heavy atom. The Morgan fingerprint density at radius 1 is 1.50 bits per heavy atom. The summed E-state index contributed by atoms with van der Waals surface area (Å²) in [6.45, 7) is 0. The predicted molar refractivity (Wildman–Crippen MR) is 39.0 cm³/mol. The number of furan rings is 1. The van der Waals surface area contributed by atoms with Crippen LogP contribution in [0.4, 0.5) is 0 Å². The zero-order chi connectivity index (χ0) is 6.97. The lowest BCUT2D eigenvalue weighted by atomic mass is 10.3. The molecule has 0 radical (unpaired) electrons. The van der Waals surface area contributed by atoms with Crippen LogP contribution in [0.3, 0.4) is 0 Å². The minimum Gasteiger partial charge on any atom is -0.445 e. The average molecular weight is 154 g/mol. The van der Waals surface area contributed by atoms with Gasteiger partial charge in [-0.05, 0) is 12.1 Å². The zero-order valence-corrected chi connectivity index (χ0v) is 5.80. The van der Waals surface area contributed by atoms with Crippen molar-refractivity contribution < 1.29 is 4.42 Å². The zero-order valence-electron chi connectivity index (χ0n) is 5.04. The summed E-state index contributed by atoms with van der Waals surface area (Å²) in [6, 6.07) is 3.69. The van der Waals surface area contributed by atoms with Crippen molar-refractivity contribution in [2.24, 2.45) is 0 Å². The third kappa shape index (κ3) is 0.693. The van der Waals surface area contributed by atoms with Gasteiger partial charge in [0.25, 0.3) is 0 Å². The van der Waals surface area contributed by atoms with E-state index in [1.807, 2.05) is 12.1 Å². The number of fused-ring (bicyclic) bond motifs is 1. The van der Waals surface area contributed by atoms with Crippen LogP contribution in [0.5, 0.6) is 0 Å². The Hall–Kier alpha value is -1.02. The molecule has 0 saturated carbocycles. The molecule has 0 aliphatic carbocycles. The maximum absolute atomic E-state index is 5.74. The minimum atomic E-state index is 0.590. The van der Waals surface area contributed by atoms with Gasteiger partial charge in [-0.15, -0.1) is 0 Å².